The first-order chi connectivity index (χ1) is 9.09. The summed E-state index contributed by atoms with van der Waals surface area (Å²) in [5, 5.41) is 1.98. The van der Waals surface area contributed by atoms with Gasteiger partial charge in [-0.05, 0) is 24.8 Å². The SMILES string of the molecule is CC(Cl)CCN(C)C(=O)c1nccc2ccccc12. The zero-order valence-electron chi connectivity index (χ0n) is 11.1. The van der Waals surface area contributed by atoms with E-state index in [1.165, 1.54) is 0 Å². The molecule has 1 heterocycles. The van der Waals surface area contributed by atoms with Gasteiger partial charge in [0.2, 0.25) is 0 Å². The molecule has 100 valence electrons. The predicted octanol–water partition coefficient (Wildman–Crippen LogP) is 3.32. The average Bonchev–Trinajstić information content (AvgIpc) is 2.43. The van der Waals surface area contributed by atoms with Crippen molar-refractivity contribution in [1.29, 1.82) is 0 Å². The second-order valence-electron chi connectivity index (χ2n) is 4.68. The third kappa shape index (κ3) is 3.24. The summed E-state index contributed by atoms with van der Waals surface area (Å²) in [5.41, 5.74) is 0.503. The van der Waals surface area contributed by atoms with Crippen LogP contribution in [0.5, 0.6) is 0 Å². The normalized spacial score (nSPS) is 12.4. The molecule has 1 unspecified atom stereocenters. The van der Waals surface area contributed by atoms with E-state index in [0.717, 1.165) is 17.2 Å². The Morgan fingerprint density at radius 1 is 1.37 bits per heavy atom. The smallest absolute Gasteiger partial charge is 0.272 e. The number of fused-ring (bicyclic) bond motifs is 1. The summed E-state index contributed by atoms with van der Waals surface area (Å²) in [6.07, 6.45) is 2.45. The number of carbonyl (C=O) groups is 1. The molecular weight excluding hydrogens is 260 g/mol. The second kappa shape index (κ2) is 6.02. The minimum absolute atomic E-state index is 0.0610. The number of benzene rings is 1. The maximum Gasteiger partial charge on any atom is 0.272 e. The van der Waals surface area contributed by atoms with E-state index < -0.39 is 0 Å². The fourth-order valence-electron chi connectivity index (χ4n) is 1.94. The van der Waals surface area contributed by atoms with Gasteiger partial charge >= 0.3 is 0 Å². The molecule has 2 aromatic rings. The zero-order valence-corrected chi connectivity index (χ0v) is 11.9. The van der Waals surface area contributed by atoms with Crippen molar-refractivity contribution in [2.45, 2.75) is 18.7 Å². The van der Waals surface area contributed by atoms with Crippen LogP contribution in [0.25, 0.3) is 10.8 Å². The molecule has 1 aromatic carbocycles. The number of halogens is 1. The minimum atomic E-state index is -0.0610. The van der Waals surface area contributed by atoms with Crippen molar-refractivity contribution in [2.75, 3.05) is 13.6 Å². The Bertz CT molecular complexity index is 578. The van der Waals surface area contributed by atoms with Crippen LogP contribution in [0.2, 0.25) is 0 Å². The molecule has 1 atom stereocenters. The Hall–Kier alpha value is -1.61. The first kappa shape index (κ1) is 13.8. The molecule has 0 aliphatic heterocycles. The molecule has 0 saturated heterocycles. The quantitative estimate of drug-likeness (QED) is 0.803. The van der Waals surface area contributed by atoms with Gasteiger partial charge in [-0.2, -0.15) is 0 Å². The lowest BCUT2D eigenvalue weighted by molar-refractivity contribution is 0.0790. The van der Waals surface area contributed by atoms with Gasteiger partial charge in [-0.3, -0.25) is 9.78 Å². The lowest BCUT2D eigenvalue weighted by atomic mass is 10.1. The molecule has 2 rings (SSSR count). The van der Waals surface area contributed by atoms with E-state index in [1.807, 2.05) is 37.3 Å². The monoisotopic (exact) mass is 276 g/mol. The van der Waals surface area contributed by atoms with Crippen LogP contribution in [0.3, 0.4) is 0 Å². The molecule has 1 amide bonds. The molecule has 1 aromatic heterocycles. The largest absolute Gasteiger partial charge is 0.340 e. The summed E-state index contributed by atoms with van der Waals surface area (Å²) in [6.45, 7) is 2.56. The molecule has 19 heavy (non-hydrogen) atoms. The summed E-state index contributed by atoms with van der Waals surface area (Å²) in [5.74, 6) is -0.0610. The summed E-state index contributed by atoms with van der Waals surface area (Å²) < 4.78 is 0. The molecule has 0 spiro atoms. The number of pyridine rings is 1. The number of hydrogen-bond donors (Lipinski definition) is 0. The van der Waals surface area contributed by atoms with Crippen LogP contribution in [-0.4, -0.2) is 34.8 Å². The highest BCUT2D eigenvalue weighted by Crippen LogP contribution is 2.17. The number of aromatic nitrogens is 1. The van der Waals surface area contributed by atoms with Gasteiger partial charge in [0.05, 0.1) is 0 Å². The van der Waals surface area contributed by atoms with Crippen molar-refractivity contribution in [3.63, 3.8) is 0 Å². The topological polar surface area (TPSA) is 33.2 Å². The van der Waals surface area contributed by atoms with Crippen molar-refractivity contribution in [3.05, 3.63) is 42.2 Å². The molecule has 0 fully saturated rings. The highest BCUT2D eigenvalue weighted by atomic mass is 35.5. The van der Waals surface area contributed by atoms with E-state index in [1.54, 1.807) is 18.1 Å². The Morgan fingerprint density at radius 3 is 2.84 bits per heavy atom. The number of nitrogens with zero attached hydrogens (tertiary/aromatic N) is 2. The molecule has 3 nitrogen and oxygen atoms in total. The number of amides is 1. The first-order valence-corrected chi connectivity index (χ1v) is 6.76. The van der Waals surface area contributed by atoms with Gasteiger partial charge in [-0.15, -0.1) is 11.6 Å². The number of carbonyl (C=O) groups excluding carboxylic acids is 1. The van der Waals surface area contributed by atoms with Crippen molar-refractivity contribution >= 4 is 28.3 Å². The fraction of sp³-hybridized carbons (Fsp3) is 0.333. The van der Waals surface area contributed by atoms with Gasteiger partial charge in [0.1, 0.15) is 5.69 Å². The lowest BCUT2D eigenvalue weighted by Crippen LogP contribution is -2.29. The summed E-state index contributed by atoms with van der Waals surface area (Å²) >= 11 is 5.91. The van der Waals surface area contributed by atoms with Crippen LogP contribution in [0.1, 0.15) is 23.8 Å². The predicted molar refractivity (Wildman–Crippen MR) is 78.6 cm³/mol. The summed E-state index contributed by atoms with van der Waals surface area (Å²) in [7, 11) is 1.78. The third-order valence-corrected chi connectivity index (χ3v) is 3.30. The maximum absolute atomic E-state index is 12.4. The van der Waals surface area contributed by atoms with Gasteiger partial charge in [-0.1, -0.05) is 24.3 Å². The number of alkyl halides is 1. The van der Waals surface area contributed by atoms with Crippen molar-refractivity contribution in [2.24, 2.45) is 0 Å². The van der Waals surface area contributed by atoms with Crippen LogP contribution < -0.4 is 0 Å². The van der Waals surface area contributed by atoms with Gasteiger partial charge in [0, 0.05) is 30.6 Å². The van der Waals surface area contributed by atoms with Gasteiger partial charge in [0.15, 0.2) is 0 Å². The van der Waals surface area contributed by atoms with Crippen LogP contribution >= 0.6 is 11.6 Å². The molecule has 0 radical (unpaired) electrons. The molecule has 0 N–H and O–H groups in total. The van der Waals surface area contributed by atoms with Crippen molar-refractivity contribution < 1.29 is 4.79 Å². The Balaban J connectivity index is 2.26. The highest BCUT2D eigenvalue weighted by Gasteiger charge is 2.16. The Morgan fingerprint density at radius 2 is 2.11 bits per heavy atom. The summed E-state index contributed by atoms with van der Waals surface area (Å²) in [4.78, 5) is 18.3. The molecule has 4 heteroatoms. The fourth-order valence-corrected chi connectivity index (χ4v) is 2.04. The van der Waals surface area contributed by atoms with Crippen LogP contribution in [0.4, 0.5) is 0 Å². The van der Waals surface area contributed by atoms with E-state index >= 15 is 0 Å². The van der Waals surface area contributed by atoms with Crippen LogP contribution in [0.15, 0.2) is 36.5 Å². The highest BCUT2D eigenvalue weighted by molar-refractivity contribution is 6.20. The van der Waals surface area contributed by atoms with Gasteiger partial charge < -0.3 is 4.90 Å². The molecule has 0 bridgehead atoms. The first-order valence-electron chi connectivity index (χ1n) is 6.33. The van der Waals surface area contributed by atoms with E-state index in [-0.39, 0.29) is 11.3 Å². The Labute approximate surface area is 118 Å². The molecule has 0 aliphatic carbocycles. The van der Waals surface area contributed by atoms with E-state index in [9.17, 15) is 4.79 Å². The zero-order chi connectivity index (χ0) is 13.8. The standard InChI is InChI=1S/C15H17ClN2O/c1-11(16)8-10-18(2)15(19)14-13-6-4-3-5-12(13)7-9-17-14/h3-7,9,11H,8,10H2,1-2H3. The van der Waals surface area contributed by atoms with Crippen molar-refractivity contribution in [1.82, 2.24) is 9.88 Å². The third-order valence-electron chi connectivity index (χ3n) is 3.09. The average molecular weight is 277 g/mol. The van der Waals surface area contributed by atoms with Crippen LogP contribution in [0, 0.1) is 0 Å². The Kier molecular flexibility index (Phi) is 4.38. The lowest BCUT2D eigenvalue weighted by Gasteiger charge is -2.18. The second-order valence-corrected chi connectivity index (χ2v) is 5.42. The number of hydrogen-bond acceptors (Lipinski definition) is 2. The van der Waals surface area contributed by atoms with E-state index in [2.05, 4.69) is 4.98 Å². The number of rotatable bonds is 4. The van der Waals surface area contributed by atoms with Gasteiger partial charge in [0.25, 0.3) is 5.91 Å². The molecular formula is C15H17ClN2O. The minimum Gasteiger partial charge on any atom is -0.340 e. The molecule has 0 aliphatic rings. The van der Waals surface area contributed by atoms with Crippen molar-refractivity contribution in [3.8, 4) is 0 Å². The van der Waals surface area contributed by atoms with Crippen LogP contribution in [-0.2, 0) is 0 Å². The molecule has 0 saturated carbocycles. The van der Waals surface area contributed by atoms with E-state index in [0.29, 0.717) is 12.2 Å². The van der Waals surface area contributed by atoms with E-state index in [4.69, 9.17) is 11.6 Å². The van der Waals surface area contributed by atoms with Gasteiger partial charge in [-0.25, -0.2) is 0 Å². The summed E-state index contributed by atoms with van der Waals surface area (Å²) in [6, 6.07) is 9.69. The maximum atomic E-state index is 12.4.